The van der Waals surface area contributed by atoms with Crippen LogP contribution in [-0.2, 0) is 14.1 Å². The Bertz CT molecular complexity index is 481. The Morgan fingerprint density at radius 1 is 1.40 bits per heavy atom. The van der Waals surface area contributed by atoms with E-state index in [0.717, 1.165) is 17.2 Å². The van der Waals surface area contributed by atoms with Crippen molar-refractivity contribution in [3.8, 4) is 0 Å². The summed E-state index contributed by atoms with van der Waals surface area (Å²) in [7, 11) is 3.71. The van der Waals surface area contributed by atoms with Crippen LogP contribution in [0.25, 0.3) is 0 Å². The van der Waals surface area contributed by atoms with Crippen molar-refractivity contribution < 1.29 is 0 Å². The number of aromatic nitrogens is 4. The highest BCUT2D eigenvalue weighted by atomic mass is 15.3. The lowest BCUT2D eigenvalue weighted by Crippen LogP contribution is -2.00. The van der Waals surface area contributed by atoms with E-state index >= 15 is 0 Å². The van der Waals surface area contributed by atoms with Gasteiger partial charge in [0, 0.05) is 20.3 Å². The van der Waals surface area contributed by atoms with Gasteiger partial charge in [0.25, 0.3) is 0 Å². The fourth-order valence-electron chi connectivity index (χ4n) is 1.45. The van der Waals surface area contributed by atoms with E-state index in [2.05, 4.69) is 15.5 Å². The summed E-state index contributed by atoms with van der Waals surface area (Å²) >= 11 is 0. The number of nitrogens with two attached hydrogens (primary N) is 1. The standard InChI is InChI=1S/C9H14N6/c1-6-8(10)9(15(3)13-6)12-7-4-11-14(2)5-7/h4-5,12H,10H2,1-3H3. The summed E-state index contributed by atoms with van der Waals surface area (Å²) in [5, 5.41) is 11.5. The minimum absolute atomic E-state index is 0.668. The number of rotatable bonds is 2. The van der Waals surface area contributed by atoms with Crippen LogP contribution in [0.5, 0.6) is 0 Å². The first-order chi connectivity index (χ1) is 7.08. The molecule has 6 heteroatoms. The lowest BCUT2D eigenvalue weighted by Gasteiger charge is -2.04. The quantitative estimate of drug-likeness (QED) is 0.761. The van der Waals surface area contributed by atoms with Crippen LogP contribution < -0.4 is 11.1 Å². The van der Waals surface area contributed by atoms with Gasteiger partial charge in [-0.25, -0.2) is 0 Å². The summed E-state index contributed by atoms with van der Waals surface area (Å²) in [6.07, 6.45) is 3.61. The van der Waals surface area contributed by atoms with Gasteiger partial charge >= 0.3 is 0 Å². The number of nitrogens with one attached hydrogen (secondary N) is 1. The Kier molecular flexibility index (Phi) is 2.11. The van der Waals surface area contributed by atoms with Crippen molar-refractivity contribution in [2.75, 3.05) is 11.1 Å². The third-order valence-corrected chi connectivity index (χ3v) is 2.24. The zero-order chi connectivity index (χ0) is 11.0. The molecule has 0 radical (unpaired) electrons. The van der Waals surface area contributed by atoms with Gasteiger partial charge in [-0.1, -0.05) is 0 Å². The maximum absolute atomic E-state index is 5.89. The molecule has 0 aliphatic rings. The predicted octanol–water partition coefficient (Wildman–Crippen LogP) is 0.788. The molecule has 0 aromatic carbocycles. The van der Waals surface area contributed by atoms with Crippen LogP contribution in [0.15, 0.2) is 12.4 Å². The molecule has 0 atom stereocenters. The Morgan fingerprint density at radius 3 is 2.60 bits per heavy atom. The maximum Gasteiger partial charge on any atom is 0.152 e. The Balaban J connectivity index is 2.31. The van der Waals surface area contributed by atoms with Gasteiger partial charge in [-0.3, -0.25) is 9.36 Å². The first kappa shape index (κ1) is 9.57. The molecular weight excluding hydrogens is 192 g/mol. The normalized spacial score (nSPS) is 10.6. The number of anilines is 3. The SMILES string of the molecule is Cc1nn(C)c(Nc2cnn(C)c2)c1N. The van der Waals surface area contributed by atoms with E-state index in [1.807, 2.05) is 27.2 Å². The van der Waals surface area contributed by atoms with E-state index in [1.54, 1.807) is 15.6 Å². The smallest absolute Gasteiger partial charge is 0.152 e. The van der Waals surface area contributed by atoms with E-state index in [-0.39, 0.29) is 0 Å². The second kappa shape index (κ2) is 3.30. The number of aryl methyl sites for hydroxylation is 3. The van der Waals surface area contributed by atoms with Crippen molar-refractivity contribution in [2.24, 2.45) is 14.1 Å². The van der Waals surface area contributed by atoms with Gasteiger partial charge in [-0.2, -0.15) is 10.2 Å². The summed E-state index contributed by atoms with van der Waals surface area (Å²) in [5.41, 5.74) is 8.27. The predicted molar refractivity (Wildman–Crippen MR) is 58.8 cm³/mol. The molecule has 15 heavy (non-hydrogen) atoms. The Morgan fingerprint density at radius 2 is 2.13 bits per heavy atom. The molecule has 0 aliphatic carbocycles. The molecule has 2 aromatic heterocycles. The molecule has 80 valence electrons. The highest BCUT2D eigenvalue weighted by molar-refractivity contribution is 5.70. The van der Waals surface area contributed by atoms with Crippen molar-refractivity contribution in [3.63, 3.8) is 0 Å². The van der Waals surface area contributed by atoms with Crippen LogP contribution >= 0.6 is 0 Å². The average Bonchev–Trinajstić information content (AvgIpc) is 2.67. The second-order valence-corrected chi connectivity index (χ2v) is 3.50. The van der Waals surface area contributed by atoms with E-state index < -0.39 is 0 Å². The van der Waals surface area contributed by atoms with E-state index in [9.17, 15) is 0 Å². The summed E-state index contributed by atoms with van der Waals surface area (Å²) in [4.78, 5) is 0. The molecule has 0 unspecified atom stereocenters. The molecule has 2 aromatic rings. The monoisotopic (exact) mass is 206 g/mol. The summed E-state index contributed by atoms with van der Waals surface area (Å²) in [6.45, 7) is 1.88. The number of nitrogens with zero attached hydrogens (tertiary/aromatic N) is 4. The van der Waals surface area contributed by atoms with Gasteiger partial charge < -0.3 is 11.1 Å². The lowest BCUT2D eigenvalue weighted by atomic mass is 10.4. The summed E-state index contributed by atoms with van der Waals surface area (Å²) < 4.78 is 3.44. The molecule has 2 heterocycles. The van der Waals surface area contributed by atoms with Gasteiger partial charge in [0.1, 0.15) is 0 Å². The molecule has 3 N–H and O–H groups in total. The Hall–Kier alpha value is -1.98. The van der Waals surface area contributed by atoms with Crippen LogP contribution in [0.3, 0.4) is 0 Å². The van der Waals surface area contributed by atoms with E-state index in [0.29, 0.717) is 5.69 Å². The third kappa shape index (κ3) is 1.65. The molecule has 0 bridgehead atoms. The van der Waals surface area contributed by atoms with Crippen LogP contribution in [0, 0.1) is 6.92 Å². The first-order valence-electron chi connectivity index (χ1n) is 4.62. The molecule has 2 rings (SSSR count). The van der Waals surface area contributed by atoms with Crippen LogP contribution in [0.4, 0.5) is 17.2 Å². The number of hydrogen-bond acceptors (Lipinski definition) is 4. The largest absolute Gasteiger partial charge is 0.394 e. The molecule has 0 saturated heterocycles. The molecule has 0 spiro atoms. The van der Waals surface area contributed by atoms with Gasteiger partial charge in [-0.05, 0) is 6.92 Å². The third-order valence-electron chi connectivity index (χ3n) is 2.24. The zero-order valence-corrected chi connectivity index (χ0v) is 9.02. The molecule has 0 saturated carbocycles. The summed E-state index contributed by atoms with van der Waals surface area (Å²) in [6, 6.07) is 0. The van der Waals surface area contributed by atoms with Crippen molar-refractivity contribution in [1.29, 1.82) is 0 Å². The van der Waals surface area contributed by atoms with E-state index in [1.165, 1.54) is 0 Å². The second-order valence-electron chi connectivity index (χ2n) is 3.50. The van der Waals surface area contributed by atoms with Crippen molar-refractivity contribution in [3.05, 3.63) is 18.1 Å². The van der Waals surface area contributed by atoms with E-state index in [4.69, 9.17) is 5.73 Å². The topological polar surface area (TPSA) is 73.7 Å². The minimum Gasteiger partial charge on any atom is -0.394 e. The molecule has 6 nitrogen and oxygen atoms in total. The molecule has 0 fully saturated rings. The van der Waals surface area contributed by atoms with Gasteiger partial charge in [0.15, 0.2) is 5.82 Å². The van der Waals surface area contributed by atoms with Gasteiger partial charge in [0.05, 0.1) is 23.3 Å². The highest BCUT2D eigenvalue weighted by Gasteiger charge is 2.10. The fraction of sp³-hybridized carbons (Fsp3) is 0.333. The maximum atomic E-state index is 5.89. The average molecular weight is 206 g/mol. The summed E-state index contributed by atoms with van der Waals surface area (Å²) in [5.74, 6) is 0.792. The van der Waals surface area contributed by atoms with Gasteiger partial charge in [0.2, 0.25) is 0 Å². The first-order valence-corrected chi connectivity index (χ1v) is 4.62. The van der Waals surface area contributed by atoms with Gasteiger partial charge in [-0.15, -0.1) is 0 Å². The number of nitrogen functional groups attached to an aromatic ring is 1. The highest BCUT2D eigenvalue weighted by Crippen LogP contribution is 2.24. The van der Waals surface area contributed by atoms with Crippen molar-refractivity contribution in [2.45, 2.75) is 6.92 Å². The minimum atomic E-state index is 0.668. The molecule has 0 amide bonds. The lowest BCUT2D eigenvalue weighted by molar-refractivity contribution is 0.763. The zero-order valence-electron chi connectivity index (χ0n) is 9.02. The van der Waals surface area contributed by atoms with Crippen LogP contribution in [0.2, 0.25) is 0 Å². The van der Waals surface area contributed by atoms with Crippen LogP contribution in [-0.4, -0.2) is 19.6 Å². The fourth-order valence-corrected chi connectivity index (χ4v) is 1.45. The van der Waals surface area contributed by atoms with Crippen LogP contribution in [0.1, 0.15) is 5.69 Å². The number of hydrogen-bond donors (Lipinski definition) is 2. The van der Waals surface area contributed by atoms with Crippen molar-refractivity contribution in [1.82, 2.24) is 19.6 Å². The molecular formula is C9H14N6. The van der Waals surface area contributed by atoms with Crippen molar-refractivity contribution >= 4 is 17.2 Å². The molecule has 0 aliphatic heterocycles. The Labute approximate surface area is 87.7 Å².